The van der Waals surface area contributed by atoms with Crippen molar-refractivity contribution in [3.8, 4) is 22.7 Å². The predicted molar refractivity (Wildman–Crippen MR) is 160 cm³/mol. The summed E-state index contributed by atoms with van der Waals surface area (Å²) in [6.45, 7) is 4.38. The van der Waals surface area contributed by atoms with E-state index >= 15 is 0 Å². The van der Waals surface area contributed by atoms with Crippen LogP contribution in [0.4, 0.5) is 5.69 Å². The number of rotatable bonds is 15. The predicted octanol–water partition coefficient (Wildman–Crippen LogP) is 2.54. The fourth-order valence-corrected chi connectivity index (χ4v) is 5.28. The molecule has 12 nitrogen and oxygen atoms in total. The van der Waals surface area contributed by atoms with Gasteiger partial charge in [-0.3, -0.25) is 14.5 Å². The van der Waals surface area contributed by atoms with Crippen molar-refractivity contribution in [1.82, 2.24) is 19.9 Å². The summed E-state index contributed by atoms with van der Waals surface area (Å²) in [5, 5.41) is 28.2. The van der Waals surface area contributed by atoms with Crippen LogP contribution in [0, 0.1) is 0 Å². The number of hydrogen-bond donors (Lipinski definition) is 2. The van der Waals surface area contributed by atoms with Gasteiger partial charge in [-0.25, -0.2) is 4.68 Å². The number of carbonyl (C=O) groups is 2. The SMILES string of the molecule is CCN1C(=O)c2cccc3c(-c4cn(-c5ccc(N(CCOCCO)CCOCCO)c(OC)c5)nn4)ccc(c23)C1=O. The third kappa shape index (κ3) is 6.09. The Balaban J connectivity index is 1.44. The van der Waals surface area contributed by atoms with Gasteiger partial charge in [-0.1, -0.05) is 23.4 Å². The molecule has 0 unspecified atom stereocenters. The maximum atomic E-state index is 13.0. The monoisotopic (exact) mass is 589 g/mol. The second-order valence-corrected chi connectivity index (χ2v) is 9.81. The first-order valence-electron chi connectivity index (χ1n) is 14.2. The summed E-state index contributed by atoms with van der Waals surface area (Å²) < 4.78 is 18.3. The minimum Gasteiger partial charge on any atom is -0.495 e. The Bertz CT molecular complexity index is 1570. The van der Waals surface area contributed by atoms with E-state index in [2.05, 4.69) is 15.2 Å². The van der Waals surface area contributed by atoms with Gasteiger partial charge in [0.15, 0.2) is 0 Å². The Morgan fingerprint density at radius 1 is 0.860 bits per heavy atom. The Kier molecular flexibility index (Phi) is 9.62. The zero-order valence-electron chi connectivity index (χ0n) is 24.2. The van der Waals surface area contributed by atoms with Gasteiger partial charge in [0.2, 0.25) is 0 Å². The Morgan fingerprint density at radius 2 is 1.53 bits per heavy atom. The summed E-state index contributed by atoms with van der Waals surface area (Å²) in [7, 11) is 1.59. The number of imide groups is 1. The van der Waals surface area contributed by atoms with Gasteiger partial charge >= 0.3 is 0 Å². The van der Waals surface area contributed by atoms with Gasteiger partial charge in [0.1, 0.15) is 11.4 Å². The van der Waals surface area contributed by atoms with Crippen molar-refractivity contribution < 1.29 is 34.0 Å². The number of hydrogen-bond acceptors (Lipinski definition) is 10. The van der Waals surface area contributed by atoms with Crippen LogP contribution in [0.15, 0.2) is 54.7 Å². The molecule has 0 saturated carbocycles. The molecule has 0 aliphatic carbocycles. The van der Waals surface area contributed by atoms with Gasteiger partial charge in [0.25, 0.3) is 11.8 Å². The summed E-state index contributed by atoms with van der Waals surface area (Å²) in [5.41, 5.74) is 3.89. The van der Waals surface area contributed by atoms with Crippen LogP contribution in [0.1, 0.15) is 27.6 Å². The van der Waals surface area contributed by atoms with Crippen molar-refractivity contribution in [3.05, 3.63) is 65.9 Å². The second-order valence-electron chi connectivity index (χ2n) is 9.81. The van der Waals surface area contributed by atoms with E-state index < -0.39 is 0 Å². The lowest BCUT2D eigenvalue weighted by atomic mass is 9.90. The van der Waals surface area contributed by atoms with E-state index in [1.807, 2.05) is 36.4 Å². The van der Waals surface area contributed by atoms with Crippen LogP contribution in [0.2, 0.25) is 0 Å². The molecule has 0 fully saturated rings. The van der Waals surface area contributed by atoms with Crippen LogP contribution in [-0.2, 0) is 9.47 Å². The normalized spacial score (nSPS) is 12.8. The lowest BCUT2D eigenvalue weighted by molar-refractivity contribution is 0.0619. The summed E-state index contributed by atoms with van der Waals surface area (Å²) in [6, 6.07) is 14.7. The standard InChI is InChI=1S/C31H35N5O7/c1-3-35-30(39)24-6-4-5-23-22(8-9-25(29(23)24)31(35)40)26-20-36(33-32-26)21-7-10-27(28(19-21)41-2)34(11-15-42-17-13-37)12-16-43-18-14-38/h4-10,19-20,37-38H,3,11-18H2,1-2H3. The van der Waals surface area contributed by atoms with Crippen LogP contribution >= 0.6 is 0 Å². The van der Waals surface area contributed by atoms with Crippen molar-refractivity contribution >= 4 is 28.3 Å². The van der Waals surface area contributed by atoms with Crippen molar-refractivity contribution in [3.63, 3.8) is 0 Å². The molecule has 1 aromatic heterocycles. The molecule has 2 N–H and O–H groups in total. The highest BCUT2D eigenvalue weighted by atomic mass is 16.5. The third-order valence-electron chi connectivity index (χ3n) is 7.33. The molecule has 0 saturated heterocycles. The van der Waals surface area contributed by atoms with Gasteiger partial charge in [0, 0.05) is 47.8 Å². The molecule has 0 bridgehead atoms. The molecule has 1 aliphatic rings. The van der Waals surface area contributed by atoms with E-state index in [4.69, 9.17) is 24.4 Å². The highest BCUT2D eigenvalue weighted by Crippen LogP contribution is 2.36. The van der Waals surface area contributed by atoms with Gasteiger partial charge in [-0.15, -0.1) is 5.10 Å². The van der Waals surface area contributed by atoms with Crippen LogP contribution in [0.25, 0.3) is 27.7 Å². The van der Waals surface area contributed by atoms with E-state index in [9.17, 15) is 9.59 Å². The average molecular weight is 590 g/mol. The van der Waals surface area contributed by atoms with Gasteiger partial charge in [-0.2, -0.15) is 0 Å². The molecule has 2 amide bonds. The molecule has 0 spiro atoms. The number of carbonyl (C=O) groups excluding carboxylic acids is 2. The van der Waals surface area contributed by atoms with Crippen LogP contribution in [-0.4, -0.2) is 108 Å². The number of anilines is 1. The van der Waals surface area contributed by atoms with E-state index in [-0.39, 0.29) is 38.2 Å². The number of nitrogens with zero attached hydrogens (tertiary/aromatic N) is 5. The minimum atomic E-state index is -0.299. The number of aromatic nitrogens is 3. The summed E-state index contributed by atoms with van der Waals surface area (Å²) in [5.74, 6) is 0.0121. The molecular formula is C31H35N5O7. The maximum absolute atomic E-state index is 13.0. The molecule has 0 atom stereocenters. The van der Waals surface area contributed by atoms with E-state index in [1.165, 1.54) is 4.90 Å². The molecule has 2 heterocycles. The molecule has 3 aromatic carbocycles. The fourth-order valence-electron chi connectivity index (χ4n) is 5.28. The first-order valence-corrected chi connectivity index (χ1v) is 14.2. The fraction of sp³-hybridized carbons (Fsp3) is 0.355. The van der Waals surface area contributed by atoms with Crippen LogP contribution in [0.5, 0.6) is 5.75 Å². The molecule has 5 rings (SSSR count). The van der Waals surface area contributed by atoms with E-state index in [0.717, 1.165) is 22.3 Å². The Morgan fingerprint density at radius 3 is 2.19 bits per heavy atom. The topological polar surface area (TPSA) is 139 Å². The largest absolute Gasteiger partial charge is 0.495 e. The van der Waals surface area contributed by atoms with Crippen molar-refractivity contribution in [1.29, 1.82) is 0 Å². The van der Waals surface area contributed by atoms with Crippen molar-refractivity contribution in [2.45, 2.75) is 6.92 Å². The number of aliphatic hydroxyl groups excluding tert-OH is 2. The number of ether oxygens (including phenoxy) is 3. The average Bonchev–Trinajstić information content (AvgIpc) is 3.53. The second kappa shape index (κ2) is 13.7. The molecule has 226 valence electrons. The van der Waals surface area contributed by atoms with Crippen LogP contribution in [0.3, 0.4) is 0 Å². The van der Waals surface area contributed by atoms with Gasteiger partial charge in [0.05, 0.1) is 64.3 Å². The maximum Gasteiger partial charge on any atom is 0.261 e. The van der Waals surface area contributed by atoms with E-state index in [0.29, 0.717) is 60.8 Å². The summed E-state index contributed by atoms with van der Waals surface area (Å²) in [6.07, 6.45) is 1.80. The zero-order valence-corrected chi connectivity index (χ0v) is 24.2. The lowest BCUT2D eigenvalue weighted by Crippen LogP contribution is -2.40. The number of amides is 2. The molecule has 12 heteroatoms. The van der Waals surface area contributed by atoms with Crippen molar-refractivity contribution in [2.24, 2.45) is 0 Å². The Hall–Kier alpha value is -4.36. The highest BCUT2D eigenvalue weighted by molar-refractivity contribution is 6.26. The lowest BCUT2D eigenvalue weighted by Gasteiger charge is -2.26. The quantitative estimate of drug-likeness (QED) is 0.157. The molecular weight excluding hydrogens is 554 g/mol. The van der Waals surface area contributed by atoms with Crippen LogP contribution < -0.4 is 9.64 Å². The third-order valence-corrected chi connectivity index (χ3v) is 7.33. The molecule has 1 aliphatic heterocycles. The molecule has 43 heavy (non-hydrogen) atoms. The number of aliphatic hydroxyl groups is 2. The smallest absolute Gasteiger partial charge is 0.261 e. The Labute approximate surface area is 249 Å². The number of benzene rings is 3. The first-order chi connectivity index (χ1) is 21.0. The first kappa shape index (κ1) is 30.1. The summed E-state index contributed by atoms with van der Waals surface area (Å²) in [4.78, 5) is 29.3. The van der Waals surface area contributed by atoms with Crippen molar-refractivity contribution in [2.75, 3.05) is 71.3 Å². The number of methoxy groups -OCH3 is 1. The van der Waals surface area contributed by atoms with Gasteiger partial charge < -0.3 is 29.3 Å². The zero-order chi connectivity index (χ0) is 30.3. The molecule has 4 aromatic rings. The minimum absolute atomic E-state index is 0.0493. The van der Waals surface area contributed by atoms with Gasteiger partial charge in [-0.05, 0) is 36.6 Å². The van der Waals surface area contributed by atoms with E-state index in [1.54, 1.807) is 37.0 Å². The molecule has 0 radical (unpaired) electrons. The summed E-state index contributed by atoms with van der Waals surface area (Å²) >= 11 is 0. The highest BCUT2D eigenvalue weighted by Gasteiger charge is 2.32.